The molecule has 3 rings (SSSR count). The smallest absolute Gasteiger partial charge is 0.329 e. The van der Waals surface area contributed by atoms with Gasteiger partial charge in [-0.2, -0.15) is 4.98 Å². The Bertz CT molecular complexity index is 1180. The molecule has 0 aliphatic carbocycles. The third-order valence-electron chi connectivity index (χ3n) is 4.70. The van der Waals surface area contributed by atoms with Crippen molar-refractivity contribution in [2.24, 2.45) is 7.05 Å². The van der Waals surface area contributed by atoms with Crippen molar-refractivity contribution < 1.29 is 14.8 Å². The molecule has 31 heavy (non-hydrogen) atoms. The second-order valence-electron chi connectivity index (χ2n) is 7.03. The molecule has 2 heterocycles. The van der Waals surface area contributed by atoms with E-state index in [1.54, 1.807) is 0 Å². The number of unbranched alkanes of at least 4 members (excludes halogenated alkanes) is 1. The van der Waals surface area contributed by atoms with Crippen LogP contribution in [-0.4, -0.2) is 48.4 Å². The summed E-state index contributed by atoms with van der Waals surface area (Å²) in [4.78, 5) is 41.2. The van der Waals surface area contributed by atoms with Crippen LogP contribution in [0.4, 0.5) is 11.6 Å². The van der Waals surface area contributed by atoms with Crippen molar-refractivity contribution in [1.29, 1.82) is 0 Å². The molecular formula is C19H24N6O6. The van der Waals surface area contributed by atoms with E-state index in [2.05, 4.69) is 15.3 Å². The summed E-state index contributed by atoms with van der Waals surface area (Å²) < 4.78 is 8.26. The maximum absolute atomic E-state index is 12.4. The summed E-state index contributed by atoms with van der Waals surface area (Å²) in [6, 6.07) is 5.49. The molecule has 166 valence electrons. The largest absolute Gasteiger partial charge is 0.491 e. The van der Waals surface area contributed by atoms with Crippen molar-refractivity contribution in [3.63, 3.8) is 0 Å². The van der Waals surface area contributed by atoms with Gasteiger partial charge in [0, 0.05) is 25.7 Å². The minimum absolute atomic E-state index is 0.0147. The highest BCUT2D eigenvalue weighted by Gasteiger charge is 2.20. The van der Waals surface area contributed by atoms with Crippen molar-refractivity contribution in [1.82, 2.24) is 19.1 Å². The van der Waals surface area contributed by atoms with Gasteiger partial charge < -0.3 is 19.7 Å². The van der Waals surface area contributed by atoms with Gasteiger partial charge >= 0.3 is 5.69 Å². The number of nitro benzene ring substituents is 1. The molecule has 0 amide bonds. The van der Waals surface area contributed by atoms with Gasteiger partial charge in [-0.3, -0.25) is 24.5 Å². The molecule has 0 saturated heterocycles. The van der Waals surface area contributed by atoms with Gasteiger partial charge in [0.05, 0.1) is 11.5 Å². The number of imidazole rings is 1. The van der Waals surface area contributed by atoms with Gasteiger partial charge in [0.1, 0.15) is 18.5 Å². The van der Waals surface area contributed by atoms with Gasteiger partial charge in [0.15, 0.2) is 11.2 Å². The number of anilines is 1. The van der Waals surface area contributed by atoms with Crippen LogP contribution in [-0.2, 0) is 13.6 Å². The second kappa shape index (κ2) is 9.43. The molecule has 3 N–H and O–H groups in total. The summed E-state index contributed by atoms with van der Waals surface area (Å²) >= 11 is 0. The van der Waals surface area contributed by atoms with E-state index in [-0.39, 0.29) is 30.0 Å². The number of aliphatic hydroxyl groups excluding tert-OH is 1. The summed E-state index contributed by atoms with van der Waals surface area (Å²) in [5.74, 6) is 0.728. The summed E-state index contributed by atoms with van der Waals surface area (Å²) in [6.07, 6.45) is 0.818. The lowest BCUT2D eigenvalue weighted by Crippen LogP contribution is -2.31. The Kier molecular flexibility index (Phi) is 6.70. The predicted octanol–water partition coefficient (Wildman–Crippen LogP) is 0.983. The van der Waals surface area contributed by atoms with E-state index >= 15 is 0 Å². The van der Waals surface area contributed by atoms with E-state index in [0.717, 1.165) is 12.8 Å². The average molecular weight is 432 g/mol. The van der Waals surface area contributed by atoms with E-state index in [1.807, 2.05) is 6.92 Å². The van der Waals surface area contributed by atoms with Crippen LogP contribution in [0.2, 0.25) is 0 Å². The first kappa shape index (κ1) is 22.0. The number of aliphatic hydroxyl groups is 1. The fourth-order valence-electron chi connectivity index (χ4n) is 3.04. The molecule has 12 nitrogen and oxygen atoms in total. The maximum Gasteiger partial charge on any atom is 0.329 e. The molecule has 1 aromatic carbocycles. The maximum atomic E-state index is 12.4. The van der Waals surface area contributed by atoms with Gasteiger partial charge in [-0.05, 0) is 18.6 Å². The molecular weight excluding hydrogens is 408 g/mol. The zero-order chi connectivity index (χ0) is 22.5. The first-order chi connectivity index (χ1) is 14.8. The molecule has 3 aromatic rings. The number of fused-ring (bicyclic) bond motifs is 1. The number of aromatic amines is 1. The van der Waals surface area contributed by atoms with Crippen molar-refractivity contribution in [3.8, 4) is 5.75 Å². The normalized spacial score (nSPS) is 12.1. The Morgan fingerprint density at radius 3 is 2.68 bits per heavy atom. The molecule has 0 radical (unpaired) electrons. The van der Waals surface area contributed by atoms with E-state index in [9.17, 15) is 24.8 Å². The summed E-state index contributed by atoms with van der Waals surface area (Å²) in [6.45, 7) is 2.52. The zero-order valence-corrected chi connectivity index (χ0v) is 17.2. The molecule has 1 atom stereocenters. The predicted molar refractivity (Wildman–Crippen MR) is 114 cm³/mol. The third-order valence-corrected chi connectivity index (χ3v) is 4.70. The van der Waals surface area contributed by atoms with Crippen molar-refractivity contribution in [3.05, 3.63) is 55.2 Å². The minimum atomic E-state index is -1.02. The zero-order valence-electron chi connectivity index (χ0n) is 17.2. The molecule has 0 saturated carbocycles. The number of hydrogen-bond donors (Lipinski definition) is 3. The second-order valence-corrected chi connectivity index (χ2v) is 7.03. The highest BCUT2D eigenvalue weighted by atomic mass is 16.6. The van der Waals surface area contributed by atoms with Crippen LogP contribution >= 0.6 is 0 Å². The molecule has 0 aliphatic rings. The van der Waals surface area contributed by atoms with Gasteiger partial charge in [0.25, 0.3) is 11.2 Å². The molecule has 0 spiro atoms. The average Bonchev–Trinajstić information content (AvgIpc) is 3.10. The molecule has 0 fully saturated rings. The topological polar surface area (TPSA) is 157 Å². The van der Waals surface area contributed by atoms with Crippen LogP contribution in [0.25, 0.3) is 11.2 Å². The molecule has 12 heteroatoms. The van der Waals surface area contributed by atoms with Crippen LogP contribution in [0.3, 0.4) is 0 Å². The lowest BCUT2D eigenvalue weighted by molar-refractivity contribution is -0.384. The number of hydrogen-bond acceptors (Lipinski definition) is 8. The van der Waals surface area contributed by atoms with Crippen LogP contribution in [0.5, 0.6) is 5.75 Å². The van der Waals surface area contributed by atoms with Crippen LogP contribution < -0.4 is 21.3 Å². The molecule has 2 aromatic heterocycles. The fourth-order valence-corrected chi connectivity index (χ4v) is 3.04. The first-order valence-corrected chi connectivity index (χ1v) is 9.80. The molecule has 0 unspecified atom stereocenters. The highest BCUT2D eigenvalue weighted by Crippen LogP contribution is 2.19. The number of H-pyrrole nitrogens is 1. The van der Waals surface area contributed by atoms with Gasteiger partial charge in [-0.1, -0.05) is 13.3 Å². The number of aromatic nitrogens is 4. The van der Waals surface area contributed by atoms with E-state index in [0.29, 0.717) is 18.2 Å². The SMILES string of the molecule is CCCCNc1nc2c(c(=O)[nH]c(=O)n2C)n1C[C@@H](O)COc1ccc([N+](=O)[O-])cc1. The number of ether oxygens (including phenoxy) is 1. The van der Waals surface area contributed by atoms with Gasteiger partial charge in [-0.15, -0.1) is 0 Å². The van der Waals surface area contributed by atoms with E-state index < -0.39 is 22.3 Å². The first-order valence-electron chi connectivity index (χ1n) is 9.80. The highest BCUT2D eigenvalue weighted by molar-refractivity contribution is 5.74. The lowest BCUT2D eigenvalue weighted by atomic mass is 10.3. The Hall–Kier alpha value is -3.67. The number of benzene rings is 1. The molecule has 0 aliphatic heterocycles. The van der Waals surface area contributed by atoms with Crippen LogP contribution in [0.1, 0.15) is 19.8 Å². The number of non-ortho nitro benzene ring substituents is 1. The summed E-state index contributed by atoms with van der Waals surface area (Å²) in [7, 11) is 1.50. The lowest BCUT2D eigenvalue weighted by Gasteiger charge is -2.15. The Labute approximate surface area is 176 Å². The number of nitrogens with zero attached hydrogens (tertiary/aromatic N) is 4. The standard InChI is InChI=1S/C19H24N6O6/c1-3-4-9-20-18-21-16-15(17(27)22-19(28)23(16)2)24(18)10-13(26)11-31-14-7-5-12(6-8-14)25(29)30/h5-8,13,26H,3-4,9-11H2,1-2H3,(H,20,21)(H,22,27,28)/t13-/m1/s1. The molecule has 0 bridgehead atoms. The van der Waals surface area contributed by atoms with Crippen molar-refractivity contribution >= 4 is 22.8 Å². The van der Waals surface area contributed by atoms with E-state index in [4.69, 9.17) is 4.74 Å². The van der Waals surface area contributed by atoms with Crippen molar-refractivity contribution in [2.75, 3.05) is 18.5 Å². The summed E-state index contributed by atoms with van der Waals surface area (Å²) in [5, 5.41) is 24.4. The monoisotopic (exact) mass is 432 g/mol. The minimum Gasteiger partial charge on any atom is -0.491 e. The number of rotatable bonds is 10. The van der Waals surface area contributed by atoms with Gasteiger partial charge in [-0.25, -0.2) is 4.79 Å². The number of aryl methyl sites for hydroxylation is 1. The quantitative estimate of drug-likeness (QED) is 0.243. The van der Waals surface area contributed by atoms with Gasteiger partial charge in [0.2, 0.25) is 5.95 Å². The Morgan fingerprint density at radius 1 is 1.32 bits per heavy atom. The third kappa shape index (κ3) is 4.91. The van der Waals surface area contributed by atoms with E-state index in [1.165, 1.54) is 40.4 Å². The van der Waals surface area contributed by atoms with Crippen molar-refractivity contribution in [2.45, 2.75) is 32.4 Å². The van der Waals surface area contributed by atoms with Crippen LogP contribution in [0, 0.1) is 10.1 Å². The van der Waals surface area contributed by atoms with Crippen LogP contribution in [0.15, 0.2) is 33.9 Å². The number of nitro groups is 1. The Balaban J connectivity index is 1.82. The fraction of sp³-hybridized carbons (Fsp3) is 0.421. The number of nitrogens with one attached hydrogen (secondary N) is 2. The summed E-state index contributed by atoms with van der Waals surface area (Å²) in [5.41, 5.74) is -0.876. The Morgan fingerprint density at radius 2 is 2.03 bits per heavy atom.